The SMILES string of the molecule is O=C1CC(C(=O)N2CCn3c(nnc3-c3ccc(Cl)cc3)C2)c2ccccc21. The zero-order valence-electron chi connectivity index (χ0n) is 15.0. The minimum Gasteiger partial charge on any atom is -0.333 e. The maximum atomic E-state index is 13.1. The fourth-order valence-electron chi connectivity index (χ4n) is 4.06. The van der Waals surface area contributed by atoms with Crippen molar-refractivity contribution in [1.82, 2.24) is 19.7 Å². The molecule has 1 amide bonds. The van der Waals surface area contributed by atoms with Gasteiger partial charge in [0.25, 0.3) is 0 Å². The summed E-state index contributed by atoms with van der Waals surface area (Å²) < 4.78 is 2.04. The third-order valence-corrected chi connectivity index (χ3v) is 5.74. The van der Waals surface area contributed by atoms with E-state index in [2.05, 4.69) is 10.2 Å². The van der Waals surface area contributed by atoms with Crippen LogP contribution in [-0.4, -0.2) is 37.9 Å². The average Bonchev–Trinajstić information content (AvgIpc) is 3.29. The topological polar surface area (TPSA) is 68.1 Å². The monoisotopic (exact) mass is 392 g/mol. The Morgan fingerprint density at radius 3 is 2.64 bits per heavy atom. The molecule has 3 aromatic rings. The van der Waals surface area contributed by atoms with Gasteiger partial charge < -0.3 is 9.47 Å². The van der Waals surface area contributed by atoms with Crippen LogP contribution in [-0.2, 0) is 17.9 Å². The summed E-state index contributed by atoms with van der Waals surface area (Å²) >= 11 is 5.97. The van der Waals surface area contributed by atoms with Gasteiger partial charge in [-0.2, -0.15) is 0 Å². The molecular formula is C21H17ClN4O2. The standard InChI is InChI=1S/C21H17ClN4O2/c22-14-7-5-13(6-8-14)20-24-23-19-12-25(9-10-26(19)20)21(28)17-11-18(27)16-4-2-1-3-15(16)17/h1-8,17H,9-12H2. The summed E-state index contributed by atoms with van der Waals surface area (Å²) in [7, 11) is 0. The van der Waals surface area contributed by atoms with Crippen molar-refractivity contribution in [2.75, 3.05) is 6.54 Å². The number of Topliss-reactive ketones (excluding diaryl/α,β-unsaturated/α-hetero) is 1. The van der Waals surface area contributed by atoms with Gasteiger partial charge in [-0.25, -0.2) is 0 Å². The summed E-state index contributed by atoms with van der Waals surface area (Å²) in [6.45, 7) is 1.58. The summed E-state index contributed by atoms with van der Waals surface area (Å²) in [6.07, 6.45) is 0.247. The Morgan fingerprint density at radius 1 is 1.04 bits per heavy atom. The number of rotatable bonds is 2. The molecule has 7 heteroatoms. The molecule has 1 aliphatic heterocycles. The van der Waals surface area contributed by atoms with Crippen LogP contribution in [0.15, 0.2) is 48.5 Å². The van der Waals surface area contributed by atoms with E-state index in [1.54, 1.807) is 11.0 Å². The number of halogens is 1. The molecule has 0 bridgehead atoms. The van der Waals surface area contributed by atoms with E-state index in [1.165, 1.54) is 0 Å². The molecule has 0 N–H and O–H groups in total. The number of hydrogen-bond acceptors (Lipinski definition) is 4. The summed E-state index contributed by atoms with van der Waals surface area (Å²) in [5, 5.41) is 9.28. The highest BCUT2D eigenvalue weighted by Gasteiger charge is 2.37. The number of nitrogens with zero attached hydrogens (tertiary/aromatic N) is 4. The van der Waals surface area contributed by atoms with Crippen LogP contribution in [0.25, 0.3) is 11.4 Å². The van der Waals surface area contributed by atoms with Crippen molar-refractivity contribution in [3.63, 3.8) is 0 Å². The number of amides is 1. The van der Waals surface area contributed by atoms with E-state index in [1.807, 2.05) is 47.0 Å². The van der Waals surface area contributed by atoms with E-state index >= 15 is 0 Å². The Bertz CT molecular complexity index is 1090. The van der Waals surface area contributed by atoms with Gasteiger partial charge in [0.15, 0.2) is 17.4 Å². The lowest BCUT2D eigenvalue weighted by Gasteiger charge is -2.30. The third-order valence-electron chi connectivity index (χ3n) is 5.49. The number of fused-ring (bicyclic) bond motifs is 2. The number of carbonyl (C=O) groups excluding carboxylic acids is 2. The molecule has 1 aromatic heterocycles. The minimum absolute atomic E-state index is 0.0133. The number of hydrogen-bond donors (Lipinski definition) is 0. The minimum atomic E-state index is -0.395. The Balaban J connectivity index is 1.39. The van der Waals surface area contributed by atoms with Crippen LogP contribution in [0.3, 0.4) is 0 Å². The predicted octanol–water partition coefficient (Wildman–Crippen LogP) is 3.31. The highest BCUT2D eigenvalue weighted by molar-refractivity contribution is 6.30. The fraction of sp³-hybridized carbons (Fsp3) is 0.238. The molecule has 0 saturated heterocycles. The van der Waals surface area contributed by atoms with Crippen molar-refractivity contribution < 1.29 is 9.59 Å². The molecule has 1 aliphatic carbocycles. The first-order chi connectivity index (χ1) is 13.6. The maximum absolute atomic E-state index is 13.1. The first-order valence-electron chi connectivity index (χ1n) is 9.21. The van der Waals surface area contributed by atoms with Crippen molar-refractivity contribution in [2.24, 2.45) is 0 Å². The van der Waals surface area contributed by atoms with Crippen LogP contribution in [0, 0.1) is 0 Å². The Hall–Kier alpha value is -2.99. The van der Waals surface area contributed by atoms with Crippen molar-refractivity contribution in [2.45, 2.75) is 25.4 Å². The average molecular weight is 393 g/mol. The first kappa shape index (κ1) is 17.1. The van der Waals surface area contributed by atoms with Gasteiger partial charge in [0.2, 0.25) is 5.91 Å². The number of carbonyl (C=O) groups is 2. The zero-order valence-corrected chi connectivity index (χ0v) is 15.8. The zero-order chi connectivity index (χ0) is 19.3. The molecule has 1 unspecified atom stereocenters. The van der Waals surface area contributed by atoms with Crippen LogP contribution in [0.2, 0.25) is 5.02 Å². The molecule has 2 aliphatic rings. The normalized spacial score (nSPS) is 18.1. The van der Waals surface area contributed by atoms with Gasteiger partial charge in [0, 0.05) is 35.7 Å². The highest BCUT2D eigenvalue weighted by Crippen LogP contribution is 2.35. The highest BCUT2D eigenvalue weighted by atomic mass is 35.5. The largest absolute Gasteiger partial charge is 0.333 e. The molecule has 0 fully saturated rings. The van der Waals surface area contributed by atoms with E-state index in [4.69, 9.17) is 11.6 Å². The predicted molar refractivity (Wildman–Crippen MR) is 104 cm³/mol. The van der Waals surface area contributed by atoms with Gasteiger partial charge in [0.05, 0.1) is 12.5 Å². The van der Waals surface area contributed by atoms with Crippen LogP contribution >= 0.6 is 11.6 Å². The molecule has 2 aromatic carbocycles. The van der Waals surface area contributed by atoms with Gasteiger partial charge in [-0.3, -0.25) is 9.59 Å². The molecule has 5 rings (SSSR count). The van der Waals surface area contributed by atoms with Crippen molar-refractivity contribution >= 4 is 23.3 Å². The number of aromatic nitrogens is 3. The van der Waals surface area contributed by atoms with Crippen LogP contribution in [0.1, 0.15) is 34.1 Å². The van der Waals surface area contributed by atoms with Crippen molar-refractivity contribution in [1.29, 1.82) is 0 Å². The lowest BCUT2D eigenvalue weighted by molar-refractivity contribution is -0.134. The number of benzene rings is 2. The van der Waals surface area contributed by atoms with Gasteiger partial charge in [-0.05, 0) is 29.8 Å². The van der Waals surface area contributed by atoms with Gasteiger partial charge in [0.1, 0.15) is 0 Å². The van der Waals surface area contributed by atoms with E-state index in [-0.39, 0.29) is 18.1 Å². The van der Waals surface area contributed by atoms with Gasteiger partial charge >= 0.3 is 0 Å². The van der Waals surface area contributed by atoms with Gasteiger partial charge in [-0.15, -0.1) is 10.2 Å². The van der Waals surface area contributed by atoms with E-state index in [9.17, 15) is 9.59 Å². The van der Waals surface area contributed by atoms with E-state index in [0.29, 0.717) is 30.2 Å². The van der Waals surface area contributed by atoms with Crippen molar-refractivity contribution in [3.05, 3.63) is 70.5 Å². The van der Waals surface area contributed by atoms with E-state index in [0.717, 1.165) is 22.8 Å². The molecule has 6 nitrogen and oxygen atoms in total. The maximum Gasteiger partial charge on any atom is 0.231 e. The van der Waals surface area contributed by atoms with Crippen molar-refractivity contribution in [3.8, 4) is 11.4 Å². The summed E-state index contributed by atoms with van der Waals surface area (Å²) in [4.78, 5) is 27.2. The molecule has 0 radical (unpaired) electrons. The molecule has 28 heavy (non-hydrogen) atoms. The molecule has 0 spiro atoms. The van der Waals surface area contributed by atoms with Crippen LogP contribution in [0.4, 0.5) is 0 Å². The Morgan fingerprint density at radius 2 is 1.82 bits per heavy atom. The molecule has 140 valence electrons. The summed E-state index contributed by atoms with van der Waals surface area (Å²) in [6, 6.07) is 14.9. The second-order valence-electron chi connectivity index (χ2n) is 7.13. The molecule has 0 saturated carbocycles. The lowest BCUT2D eigenvalue weighted by Crippen LogP contribution is -2.40. The second-order valence-corrected chi connectivity index (χ2v) is 7.56. The number of ketones is 1. The van der Waals surface area contributed by atoms with Gasteiger partial charge in [-0.1, -0.05) is 35.9 Å². The second kappa shape index (κ2) is 6.56. The Labute approximate surface area is 166 Å². The first-order valence-corrected chi connectivity index (χ1v) is 9.58. The summed E-state index contributed by atoms with van der Waals surface area (Å²) in [5.74, 6) is 1.16. The summed E-state index contributed by atoms with van der Waals surface area (Å²) in [5.41, 5.74) is 2.45. The third kappa shape index (κ3) is 2.72. The van der Waals surface area contributed by atoms with E-state index < -0.39 is 5.92 Å². The Kier molecular flexibility index (Phi) is 4.02. The lowest BCUT2D eigenvalue weighted by atomic mass is 9.99. The smallest absolute Gasteiger partial charge is 0.231 e. The molecule has 1 atom stereocenters. The molecular weight excluding hydrogens is 376 g/mol. The quantitative estimate of drug-likeness (QED) is 0.671. The fourth-order valence-corrected chi connectivity index (χ4v) is 4.19. The molecule has 2 heterocycles. The van der Waals surface area contributed by atoms with Crippen LogP contribution < -0.4 is 0 Å². The van der Waals surface area contributed by atoms with Crippen LogP contribution in [0.5, 0.6) is 0 Å².